The predicted molar refractivity (Wildman–Crippen MR) is 43.4 cm³/mol. The summed E-state index contributed by atoms with van der Waals surface area (Å²) < 4.78 is 0. The lowest BCUT2D eigenvalue weighted by molar-refractivity contribution is 0.144. The first-order valence-electron chi connectivity index (χ1n) is 3.47. The van der Waals surface area contributed by atoms with Crippen LogP contribution in [-0.2, 0) is 0 Å². The third-order valence-corrected chi connectivity index (χ3v) is 2.62. The monoisotopic (exact) mass is 234 g/mol. The summed E-state index contributed by atoms with van der Waals surface area (Å²) >= 11 is 3.34. The molecule has 0 radical (unpaired) electrons. The van der Waals surface area contributed by atoms with Gasteiger partial charge in [0.25, 0.3) is 0 Å². The maximum absolute atomic E-state index is 11.1. The molecule has 3 N–H and O–H groups in total. The molecule has 4 amide bonds. The number of nitrogens with zero attached hydrogens (tertiary/aromatic N) is 1. The maximum atomic E-state index is 11.1. The fourth-order valence-electron chi connectivity index (χ4n) is 1.24. The van der Waals surface area contributed by atoms with Crippen LogP contribution in [0.2, 0.25) is 0 Å². The van der Waals surface area contributed by atoms with Gasteiger partial charge in [0, 0.05) is 6.54 Å². The molecule has 7 heteroatoms. The number of hydrazine groups is 1. The molecule has 2 saturated heterocycles. The highest BCUT2D eigenvalue weighted by molar-refractivity contribution is 9.09. The molecule has 2 unspecified atom stereocenters. The third-order valence-electron chi connectivity index (χ3n) is 1.80. The van der Waals surface area contributed by atoms with Crippen molar-refractivity contribution in [2.45, 2.75) is 11.0 Å². The Balaban J connectivity index is 2.19. The minimum atomic E-state index is -0.450. The van der Waals surface area contributed by atoms with Crippen molar-refractivity contribution in [3.8, 4) is 0 Å². The van der Waals surface area contributed by atoms with E-state index in [2.05, 4.69) is 32.0 Å². The minimum absolute atomic E-state index is 0.0625. The fourth-order valence-corrected chi connectivity index (χ4v) is 1.75. The molecule has 66 valence electrons. The van der Waals surface area contributed by atoms with Crippen molar-refractivity contribution in [2.75, 3.05) is 6.54 Å². The molecule has 6 nitrogen and oxygen atoms in total. The zero-order valence-electron chi connectivity index (χ0n) is 6.00. The Kier molecular flexibility index (Phi) is 1.69. The molecule has 0 bridgehead atoms. The lowest BCUT2D eigenvalue weighted by atomic mass is 10.3. The van der Waals surface area contributed by atoms with Crippen molar-refractivity contribution in [1.82, 2.24) is 21.1 Å². The highest BCUT2D eigenvalue weighted by atomic mass is 79.9. The molecule has 2 rings (SSSR count). The lowest BCUT2D eigenvalue weighted by Crippen LogP contribution is -2.64. The quantitative estimate of drug-likeness (QED) is 0.487. The van der Waals surface area contributed by atoms with Crippen molar-refractivity contribution in [3.63, 3.8) is 0 Å². The third kappa shape index (κ3) is 1.05. The van der Waals surface area contributed by atoms with Crippen molar-refractivity contribution in [2.24, 2.45) is 0 Å². The standard InChI is InChI=1S/C5H7BrN4O2/c6-2-1-7-10-3(2)8-4(11)9-5(10)12/h2-3,7H,1H2,(H2,8,9,11,12). The summed E-state index contributed by atoms with van der Waals surface area (Å²) in [5.41, 5.74) is 2.84. The van der Waals surface area contributed by atoms with E-state index in [9.17, 15) is 9.59 Å². The molecular weight excluding hydrogens is 228 g/mol. The van der Waals surface area contributed by atoms with E-state index < -0.39 is 12.1 Å². The zero-order chi connectivity index (χ0) is 8.72. The first kappa shape index (κ1) is 7.81. The van der Waals surface area contributed by atoms with Gasteiger partial charge in [0.2, 0.25) is 0 Å². The van der Waals surface area contributed by atoms with Gasteiger partial charge in [-0.1, -0.05) is 15.9 Å². The van der Waals surface area contributed by atoms with E-state index in [4.69, 9.17) is 0 Å². The lowest BCUT2D eigenvalue weighted by Gasteiger charge is -2.30. The van der Waals surface area contributed by atoms with E-state index >= 15 is 0 Å². The Bertz CT molecular complexity index is 246. The van der Waals surface area contributed by atoms with Crippen LogP contribution in [-0.4, -0.2) is 34.6 Å². The average Bonchev–Trinajstić information content (AvgIpc) is 2.33. The van der Waals surface area contributed by atoms with E-state index in [1.807, 2.05) is 0 Å². The number of halogens is 1. The number of hydrogen-bond donors (Lipinski definition) is 3. The van der Waals surface area contributed by atoms with Crippen LogP contribution in [0.3, 0.4) is 0 Å². The van der Waals surface area contributed by atoms with Crippen LogP contribution in [0.4, 0.5) is 9.59 Å². The summed E-state index contributed by atoms with van der Waals surface area (Å²) in [6.07, 6.45) is -0.286. The highest BCUT2D eigenvalue weighted by Crippen LogP contribution is 2.16. The molecular formula is C5H7BrN4O2. The molecule has 0 spiro atoms. The average molecular weight is 235 g/mol. The Morgan fingerprint density at radius 1 is 1.50 bits per heavy atom. The number of carbonyl (C=O) groups excluding carboxylic acids is 2. The van der Waals surface area contributed by atoms with Crippen molar-refractivity contribution in [3.05, 3.63) is 0 Å². The number of hydrogen-bond acceptors (Lipinski definition) is 3. The van der Waals surface area contributed by atoms with Crippen LogP contribution in [0.15, 0.2) is 0 Å². The smallest absolute Gasteiger partial charge is 0.315 e. The van der Waals surface area contributed by atoms with Gasteiger partial charge in [-0.3, -0.25) is 5.32 Å². The van der Waals surface area contributed by atoms with Gasteiger partial charge in [0.1, 0.15) is 6.17 Å². The number of rotatable bonds is 0. The molecule has 2 aliphatic heterocycles. The van der Waals surface area contributed by atoms with Crippen molar-refractivity contribution in [1.29, 1.82) is 0 Å². The number of amides is 4. The molecule has 0 aromatic heterocycles. The summed E-state index contributed by atoms with van der Waals surface area (Å²) in [5.74, 6) is 0. The van der Waals surface area contributed by atoms with Crippen LogP contribution < -0.4 is 16.1 Å². The fraction of sp³-hybridized carbons (Fsp3) is 0.600. The number of nitrogens with one attached hydrogen (secondary N) is 3. The van der Waals surface area contributed by atoms with Gasteiger partial charge >= 0.3 is 12.1 Å². The Hall–Kier alpha value is -0.820. The van der Waals surface area contributed by atoms with Crippen LogP contribution in [0.25, 0.3) is 0 Å². The summed E-state index contributed by atoms with van der Waals surface area (Å²) in [7, 11) is 0. The van der Waals surface area contributed by atoms with Gasteiger partial charge in [-0.05, 0) is 0 Å². The molecule has 0 aromatic rings. The van der Waals surface area contributed by atoms with E-state index in [0.29, 0.717) is 6.54 Å². The van der Waals surface area contributed by atoms with E-state index in [1.54, 1.807) is 0 Å². The molecule has 12 heavy (non-hydrogen) atoms. The number of fused-ring (bicyclic) bond motifs is 1. The maximum Gasteiger partial charge on any atom is 0.341 e. The van der Waals surface area contributed by atoms with Gasteiger partial charge in [-0.2, -0.15) is 0 Å². The Morgan fingerprint density at radius 3 is 3.00 bits per heavy atom. The van der Waals surface area contributed by atoms with E-state index in [1.165, 1.54) is 5.01 Å². The van der Waals surface area contributed by atoms with Gasteiger partial charge < -0.3 is 5.32 Å². The van der Waals surface area contributed by atoms with Crippen LogP contribution in [0.5, 0.6) is 0 Å². The SMILES string of the molecule is O=C1NC(=O)N2NCC(Br)C2N1. The molecule has 2 aliphatic rings. The van der Waals surface area contributed by atoms with Gasteiger partial charge in [0.05, 0.1) is 4.83 Å². The second kappa shape index (κ2) is 2.60. The molecule has 0 aliphatic carbocycles. The largest absolute Gasteiger partial charge is 0.341 e. The van der Waals surface area contributed by atoms with E-state index in [-0.39, 0.29) is 11.0 Å². The molecule has 2 fully saturated rings. The first-order valence-corrected chi connectivity index (χ1v) is 4.38. The highest BCUT2D eigenvalue weighted by Gasteiger charge is 2.40. The van der Waals surface area contributed by atoms with Crippen molar-refractivity contribution < 1.29 is 9.59 Å². The Labute approximate surface area is 76.8 Å². The van der Waals surface area contributed by atoms with Crippen molar-refractivity contribution >= 4 is 28.0 Å². The second-order valence-electron chi connectivity index (χ2n) is 2.60. The number of imide groups is 1. The Morgan fingerprint density at radius 2 is 2.25 bits per heavy atom. The minimum Gasteiger partial charge on any atom is -0.315 e. The molecule has 0 saturated carbocycles. The first-order chi connectivity index (χ1) is 5.68. The normalized spacial score (nSPS) is 34.2. The summed E-state index contributed by atoms with van der Waals surface area (Å²) in [6, 6.07) is -0.861. The predicted octanol–water partition coefficient (Wildman–Crippen LogP) is -0.671. The van der Waals surface area contributed by atoms with Gasteiger partial charge in [-0.15, -0.1) is 0 Å². The zero-order valence-corrected chi connectivity index (χ0v) is 7.59. The van der Waals surface area contributed by atoms with Gasteiger partial charge in [0.15, 0.2) is 0 Å². The van der Waals surface area contributed by atoms with E-state index in [0.717, 1.165) is 0 Å². The number of carbonyl (C=O) groups is 2. The summed E-state index contributed by atoms with van der Waals surface area (Å²) in [5, 5.41) is 6.09. The number of alkyl halides is 1. The molecule has 2 atom stereocenters. The second-order valence-corrected chi connectivity index (χ2v) is 3.77. The summed E-state index contributed by atoms with van der Waals surface area (Å²) in [6.45, 7) is 0.623. The van der Waals surface area contributed by atoms with Crippen LogP contribution in [0.1, 0.15) is 0 Å². The van der Waals surface area contributed by atoms with Crippen LogP contribution >= 0.6 is 15.9 Å². The van der Waals surface area contributed by atoms with Gasteiger partial charge in [-0.25, -0.2) is 20.0 Å². The summed E-state index contributed by atoms with van der Waals surface area (Å²) in [4.78, 5) is 22.0. The topological polar surface area (TPSA) is 73.5 Å². The van der Waals surface area contributed by atoms with Crippen LogP contribution in [0, 0.1) is 0 Å². The number of urea groups is 2. The molecule has 0 aromatic carbocycles. The molecule has 2 heterocycles.